The van der Waals surface area contributed by atoms with E-state index in [1.54, 1.807) is 0 Å². The van der Waals surface area contributed by atoms with E-state index in [1.165, 1.54) is 22.3 Å². The predicted molar refractivity (Wildman–Crippen MR) is 192 cm³/mol. The van der Waals surface area contributed by atoms with Crippen LogP contribution in [0, 0.1) is 0 Å². The van der Waals surface area contributed by atoms with Crippen molar-refractivity contribution in [1.82, 2.24) is 9.97 Å². The Kier molecular flexibility index (Phi) is 12.8. The largest absolute Gasteiger partial charge is 0.251 e. The van der Waals surface area contributed by atoms with Crippen LogP contribution in [-0.2, 0) is 16.5 Å². The van der Waals surface area contributed by atoms with E-state index in [0.717, 1.165) is 44.9 Å². The predicted octanol–water partition coefficient (Wildman–Crippen LogP) is 11.8. The molecule has 0 atom stereocenters. The van der Waals surface area contributed by atoms with Crippen LogP contribution in [0.5, 0.6) is 0 Å². The van der Waals surface area contributed by atoms with Crippen molar-refractivity contribution in [2.75, 3.05) is 0 Å². The van der Waals surface area contributed by atoms with Crippen LogP contribution >= 0.6 is 0 Å². The summed E-state index contributed by atoms with van der Waals surface area (Å²) in [6.07, 6.45) is 0. The molecule has 0 spiro atoms. The number of para-hydroxylation sites is 6. The number of aromatic nitrogens is 2. The second kappa shape index (κ2) is 16.0. The average molecular weight is 644 g/mol. The Labute approximate surface area is 280 Å². The summed E-state index contributed by atoms with van der Waals surface area (Å²) in [5.74, 6) is 1.73. The van der Waals surface area contributed by atoms with Gasteiger partial charge in [-0.15, -0.1) is 0 Å². The van der Waals surface area contributed by atoms with Crippen molar-refractivity contribution in [2.45, 2.75) is 92.9 Å². The molecular formula is C40H48N4Ni. The molecule has 0 aliphatic heterocycles. The summed E-state index contributed by atoms with van der Waals surface area (Å²) in [4.78, 5) is 19.3. The van der Waals surface area contributed by atoms with Crippen molar-refractivity contribution in [1.29, 1.82) is 0 Å². The van der Waals surface area contributed by atoms with E-state index in [1.807, 2.05) is 48.5 Å². The van der Waals surface area contributed by atoms with Crippen molar-refractivity contribution < 1.29 is 16.5 Å². The molecular weight excluding hydrogens is 595 g/mol. The first-order valence-electron chi connectivity index (χ1n) is 16.0. The van der Waals surface area contributed by atoms with Crippen molar-refractivity contribution >= 4 is 44.9 Å². The minimum Gasteiger partial charge on any atom is -0.251 e. The summed E-state index contributed by atoms with van der Waals surface area (Å²) in [6.45, 7) is 22.1. The van der Waals surface area contributed by atoms with E-state index in [9.17, 15) is 0 Å². The van der Waals surface area contributed by atoms with E-state index < -0.39 is 0 Å². The van der Waals surface area contributed by atoms with E-state index in [-0.39, 0.29) is 16.5 Å². The number of nitrogens with zero attached hydrogens (tertiary/aromatic N) is 4. The van der Waals surface area contributed by atoms with Gasteiger partial charge in [-0.1, -0.05) is 116 Å². The van der Waals surface area contributed by atoms with Crippen LogP contribution in [0.4, 0.5) is 11.4 Å². The van der Waals surface area contributed by atoms with Crippen LogP contribution in [0.1, 0.15) is 115 Å². The molecule has 1 heterocycles. The van der Waals surface area contributed by atoms with Gasteiger partial charge in [-0.2, -0.15) is 0 Å². The quantitative estimate of drug-likeness (QED) is 0.101. The van der Waals surface area contributed by atoms with Gasteiger partial charge < -0.3 is 0 Å². The molecule has 5 rings (SSSR count). The Hall–Kier alpha value is -3.69. The van der Waals surface area contributed by atoms with Crippen molar-refractivity contribution in [3.63, 3.8) is 0 Å². The summed E-state index contributed by atoms with van der Waals surface area (Å²) < 4.78 is 0. The normalized spacial score (nSPS) is 12.2. The molecule has 0 N–H and O–H groups in total. The SMILES string of the molecule is CC(=Nc1c(C(C)C)cccc1C(C)C)C(C)=Nc1c(C(C)C)cccc1C(C)C.[Ni].c1ccc2nc3ccccc3nc2c1. The number of benzene rings is 4. The van der Waals surface area contributed by atoms with Crippen LogP contribution in [-0.4, -0.2) is 21.4 Å². The molecule has 0 aliphatic carbocycles. The number of hydrogen-bond donors (Lipinski definition) is 0. The molecule has 4 aromatic carbocycles. The van der Waals surface area contributed by atoms with Gasteiger partial charge in [0.1, 0.15) is 0 Å². The standard InChI is InChI=1S/C28H40N2.C12H8N2.Ni/c1-17(2)23-13-11-14-24(18(3)4)27(23)29-21(9)22(10)30-28-25(19(5)6)15-12-16-26(28)20(7)8;1-2-6-10-9(5-1)13-11-7-3-4-8-12(11)14-10;/h11-20H,1-10H3;1-8H;. The first-order valence-corrected chi connectivity index (χ1v) is 16.0. The third-order valence-electron chi connectivity index (χ3n) is 8.01. The van der Waals surface area contributed by atoms with Crippen LogP contribution < -0.4 is 0 Å². The first kappa shape index (κ1) is 35.8. The van der Waals surface area contributed by atoms with Gasteiger partial charge in [0.15, 0.2) is 0 Å². The molecule has 0 unspecified atom stereocenters. The second-order valence-electron chi connectivity index (χ2n) is 12.8. The number of aliphatic imine (C=N–C) groups is 2. The minimum atomic E-state index is 0. The van der Waals surface area contributed by atoms with Gasteiger partial charge in [-0.05, 0) is 84.0 Å². The summed E-state index contributed by atoms with van der Waals surface area (Å²) >= 11 is 0. The molecule has 5 heteroatoms. The molecule has 5 aromatic rings. The van der Waals surface area contributed by atoms with Gasteiger partial charge in [0.25, 0.3) is 0 Å². The summed E-state index contributed by atoms with van der Waals surface area (Å²) in [6, 6.07) is 29.0. The maximum Gasteiger partial charge on any atom is 0.0894 e. The number of fused-ring (bicyclic) bond motifs is 2. The van der Waals surface area contributed by atoms with E-state index in [4.69, 9.17) is 9.98 Å². The summed E-state index contributed by atoms with van der Waals surface area (Å²) in [5.41, 5.74) is 13.2. The Morgan fingerprint density at radius 1 is 0.422 bits per heavy atom. The molecule has 45 heavy (non-hydrogen) atoms. The smallest absolute Gasteiger partial charge is 0.0894 e. The molecule has 0 aliphatic rings. The van der Waals surface area contributed by atoms with Crippen LogP contribution in [0.3, 0.4) is 0 Å². The zero-order valence-corrected chi connectivity index (χ0v) is 29.5. The zero-order valence-electron chi connectivity index (χ0n) is 28.5. The fourth-order valence-electron chi connectivity index (χ4n) is 5.34. The third-order valence-corrected chi connectivity index (χ3v) is 8.01. The third kappa shape index (κ3) is 8.73. The minimum absolute atomic E-state index is 0. The Morgan fingerprint density at radius 2 is 0.667 bits per heavy atom. The number of rotatable bonds is 7. The van der Waals surface area contributed by atoms with Gasteiger partial charge in [0, 0.05) is 16.5 Å². The fraction of sp³-hybridized carbons (Fsp3) is 0.350. The van der Waals surface area contributed by atoms with Crippen LogP contribution in [0.25, 0.3) is 22.1 Å². The summed E-state index contributed by atoms with van der Waals surface area (Å²) in [7, 11) is 0. The molecule has 4 nitrogen and oxygen atoms in total. The second-order valence-corrected chi connectivity index (χ2v) is 12.8. The van der Waals surface area contributed by atoms with E-state index >= 15 is 0 Å². The van der Waals surface area contributed by atoms with E-state index in [0.29, 0.717) is 23.7 Å². The zero-order chi connectivity index (χ0) is 32.0. The Morgan fingerprint density at radius 3 is 0.889 bits per heavy atom. The van der Waals surface area contributed by atoms with Gasteiger partial charge >= 0.3 is 0 Å². The molecule has 0 fully saturated rings. The maximum atomic E-state index is 5.13. The Bertz CT molecular complexity index is 1560. The summed E-state index contributed by atoms with van der Waals surface area (Å²) in [5, 5.41) is 0. The van der Waals surface area contributed by atoms with Crippen LogP contribution in [0.15, 0.2) is 94.9 Å². The number of hydrogen-bond acceptors (Lipinski definition) is 4. The van der Waals surface area contributed by atoms with E-state index in [2.05, 4.69) is 116 Å². The Balaban J connectivity index is 0.000000303. The van der Waals surface area contributed by atoms with Gasteiger partial charge in [-0.3, -0.25) is 9.98 Å². The first-order chi connectivity index (χ1) is 21.0. The molecule has 0 saturated carbocycles. The van der Waals surface area contributed by atoms with Gasteiger partial charge in [0.05, 0.1) is 44.9 Å². The molecule has 1 aromatic heterocycles. The maximum absolute atomic E-state index is 5.13. The van der Waals surface area contributed by atoms with Crippen LogP contribution in [0.2, 0.25) is 0 Å². The molecule has 238 valence electrons. The van der Waals surface area contributed by atoms with Crippen molar-refractivity contribution in [2.24, 2.45) is 9.98 Å². The van der Waals surface area contributed by atoms with Gasteiger partial charge in [0.2, 0.25) is 0 Å². The average Bonchev–Trinajstić information content (AvgIpc) is 2.99. The topological polar surface area (TPSA) is 50.5 Å². The molecule has 0 amide bonds. The monoisotopic (exact) mass is 642 g/mol. The fourth-order valence-corrected chi connectivity index (χ4v) is 5.34. The van der Waals surface area contributed by atoms with Gasteiger partial charge in [-0.25, -0.2) is 9.97 Å². The molecule has 0 bridgehead atoms. The molecule has 0 radical (unpaired) electrons. The van der Waals surface area contributed by atoms with Crippen molar-refractivity contribution in [3.8, 4) is 0 Å². The molecule has 0 saturated heterocycles. The van der Waals surface area contributed by atoms with Crippen molar-refractivity contribution in [3.05, 3.63) is 107 Å².